The lowest BCUT2D eigenvalue weighted by Crippen LogP contribution is -2.45. The van der Waals surface area contributed by atoms with Crippen LogP contribution in [0.2, 0.25) is 0 Å². The van der Waals surface area contributed by atoms with E-state index in [4.69, 9.17) is 10.5 Å². The summed E-state index contributed by atoms with van der Waals surface area (Å²) in [6, 6.07) is 7.22. The number of para-hydroxylation sites is 1. The van der Waals surface area contributed by atoms with Crippen LogP contribution in [0.25, 0.3) is 10.9 Å². The first-order valence-corrected chi connectivity index (χ1v) is 6.87. The molecule has 1 aromatic carbocycles. The lowest BCUT2D eigenvalue weighted by atomic mass is 10.1. The van der Waals surface area contributed by atoms with E-state index >= 15 is 0 Å². The third-order valence-electron chi connectivity index (χ3n) is 3.32. The molecule has 6 heteroatoms. The van der Waals surface area contributed by atoms with E-state index < -0.39 is 12.1 Å². The predicted molar refractivity (Wildman–Crippen MR) is 80.9 cm³/mol. The number of nitrogens with one attached hydrogen (secondary N) is 2. The van der Waals surface area contributed by atoms with Crippen molar-refractivity contribution in [3.63, 3.8) is 0 Å². The summed E-state index contributed by atoms with van der Waals surface area (Å²) in [7, 11) is 1.49. The number of aliphatic hydroxyl groups excluding tert-OH is 1. The van der Waals surface area contributed by atoms with Crippen molar-refractivity contribution < 1.29 is 14.6 Å². The molecule has 2 aromatic rings. The molecular weight excluding hydrogens is 270 g/mol. The van der Waals surface area contributed by atoms with Crippen LogP contribution < -0.4 is 11.1 Å². The van der Waals surface area contributed by atoms with Gasteiger partial charge < -0.3 is 25.9 Å². The quantitative estimate of drug-likeness (QED) is 0.584. The predicted octanol–water partition coefficient (Wildman–Crippen LogP) is 0.161. The summed E-state index contributed by atoms with van der Waals surface area (Å²) >= 11 is 0. The minimum absolute atomic E-state index is 0.133. The summed E-state index contributed by atoms with van der Waals surface area (Å²) in [4.78, 5) is 15.1. The number of benzene rings is 1. The Morgan fingerprint density at radius 2 is 2.24 bits per heavy atom. The van der Waals surface area contributed by atoms with Crippen LogP contribution in [0, 0.1) is 0 Å². The molecule has 0 spiro atoms. The molecule has 0 fully saturated rings. The maximum atomic E-state index is 11.9. The van der Waals surface area contributed by atoms with Gasteiger partial charge in [0.05, 0.1) is 18.8 Å². The van der Waals surface area contributed by atoms with Gasteiger partial charge in [0.25, 0.3) is 0 Å². The first-order valence-electron chi connectivity index (χ1n) is 6.87. The highest BCUT2D eigenvalue weighted by molar-refractivity contribution is 5.86. The number of H-pyrrole nitrogens is 1. The Hall–Kier alpha value is -1.89. The number of hydrogen-bond acceptors (Lipinski definition) is 4. The number of carbonyl (C=O) groups excluding carboxylic acids is 1. The number of rotatable bonds is 7. The summed E-state index contributed by atoms with van der Waals surface area (Å²) < 4.78 is 4.79. The number of aromatic nitrogens is 1. The molecule has 0 saturated heterocycles. The molecule has 5 N–H and O–H groups in total. The number of aliphatic hydroxyl groups is 1. The van der Waals surface area contributed by atoms with Crippen LogP contribution in [0.4, 0.5) is 0 Å². The minimum atomic E-state index is -0.723. The molecule has 0 bridgehead atoms. The number of hydrogen-bond donors (Lipinski definition) is 4. The minimum Gasteiger partial charge on any atom is -0.389 e. The summed E-state index contributed by atoms with van der Waals surface area (Å²) in [6.07, 6.45) is 1.59. The number of nitrogens with two attached hydrogens (primary N) is 1. The van der Waals surface area contributed by atoms with Gasteiger partial charge in [0.1, 0.15) is 0 Å². The smallest absolute Gasteiger partial charge is 0.237 e. The lowest BCUT2D eigenvalue weighted by molar-refractivity contribution is -0.122. The second kappa shape index (κ2) is 7.21. The number of ether oxygens (including phenoxy) is 1. The maximum absolute atomic E-state index is 11.9. The van der Waals surface area contributed by atoms with Gasteiger partial charge in [-0.1, -0.05) is 18.2 Å². The molecule has 0 aliphatic carbocycles. The summed E-state index contributed by atoms with van der Waals surface area (Å²) in [5.41, 5.74) is 7.95. The van der Waals surface area contributed by atoms with Gasteiger partial charge in [-0.3, -0.25) is 4.79 Å². The largest absolute Gasteiger partial charge is 0.389 e. The van der Waals surface area contributed by atoms with Gasteiger partial charge in [-0.15, -0.1) is 0 Å². The Bertz CT molecular complexity index is 597. The van der Waals surface area contributed by atoms with Crippen LogP contribution in [0.3, 0.4) is 0 Å². The Kier molecular flexibility index (Phi) is 5.32. The first-order chi connectivity index (χ1) is 10.1. The average Bonchev–Trinajstić information content (AvgIpc) is 2.88. The molecule has 0 aliphatic heterocycles. The SMILES string of the molecule is COCC(O)CNC(=O)[C@H](N)Cc1c[nH]c2ccccc12. The topological polar surface area (TPSA) is 100 Å². The van der Waals surface area contributed by atoms with E-state index in [1.807, 2.05) is 30.5 Å². The molecule has 0 saturated carbocycles. The molecular formula is C15H21N3O3. The van der Waals surface area contributed by atoms with E-state index in [9.17, 15) is 9.90 Å². The zero-order chi connectivity index (χ0) is 15.2. The molecule has 21 heavy (non-hydrogen) atoms. The highest BCUT2D eigenvalue weighted by Gasteiger charge is 2.17. The van der Waals surface area contributed by atoms with Crippen molar-refractivity contribution in [1.29, 1.82) is 0 Å². The number of amides is 1. The van der Waals surface area contributed by atoms with Crippen molar-refractivity contribution in [2.45, 2.75) is 18.6 Å². The van der Waals surface area contributed by atoms with E-state index in [1.54, 1.807) is 0 Å². The van der Waals surface area contributed by atoms with Crippen molar-refractivity contribution in [3.05, 3.63) is 36.0 Å². The number of fused-ring (bicyclic) bond motifs is 1. The van der Waals surface area contributed by atoms with E-state index in [2.05, 4.69) is 10.3 Å². The van der Waals surface area contributed by atoms with E-state index in [0.717, 1.165) is 16.5 Å². The van der Waals surface area contributed by atoms with Gasteiger partial charge in [-0.2, -0.15) is 0 Å². The zero-order valence-electron chi connectivity index (χ0n) is 12.0. The van der Waals surface area contributed by atoms with Crippen molar-refractivity contribution >= 4 is 16.8 Å². The number of aromatic amines is 1. The fraction of sp³-hybridized carbons (Fsp3) is 0.400. The summed E-state index contributed by atoms with van der Waals surface area (Å²) in [5, 5.41) is 13.2. The Morgan fingerprint density at radius 3 is 3.00 bits per heavy atom. The third kappa shape index (κ3) is 4.04. The molecule has 1 unspecified atom stereocenters. The molecule has 1 heterocycles. The van der Waals surface area contributed by atoms with Crippen LogP contribution in [0.5, 0.6) is 0 Å². The lowest BCUT2D eigenvalue weighted by Gasteiger charge is -2.14. The number of carbonyl (C=O) groups is 1. The second-order valence-corrected chi connectivity index (χ2v) is 5.02. The van der Waals surface area contributed by atoms with Gasteiger partial charge in [-0.25, -0.2) is 0 Å². The van der Waals surface area contributed by atoms with Crippen LogP contribution in [-0.2, 0) is 16.0 Å². The van der Waals surface area contributed by atoms with Crippen molar-refractivity contribution in [2.24, 2.45) is 5.73 Å². The van der Waals surface area contributed by atoms with Crippen molar-refractivity contribution in [1.82, 2.24) is 10.3 Å². The second-order valence-electron chi connectivity index (χ2n) is 5.02. The van der Waals surface area contributed by atoms with Crippen molar-refractivity contribution in [3.8, 4) is 0 Å². The molecule has 1 aromatic heterocycles. The third-order valence-corrected chi connectivity index (χ3v) is 3.32. The fourth-order valence-electron chi connectivity index (χ4n) is 2.23. The van der Waals surface area contributed by atoms with Crippen LogP contribution in [0.1, 0.15) is 5.56 Å². The Morgan fingerprint density at radius 1 is 1.48 bits per heavy atom. The Labute approximate surface area is 123 Å². The molecule has 0 aliphatic rings. The Balaban J connectivity index is 1.91. The molecule has 6 nitrogen and oxygen atoms in total. The monoisotopic (exact) mass is 291 g/mol. The van der Waals surface area contributed by atoms with Gasteiger partial charge in [0.2, 0.25) is 5.91 Å². The normalized spacial score (nSPS) is 14.0. The van der Waals surface area contributed by atoms with Gasteiger partial charge in [0.15, 0.2) is 0 Å². The fourth-order valence-corrected chi connectivity index (χ4v) is 2.23. The molecule has 2 atom stereocenters. The van der Waals surface area contributed by atoms with Crippen molar-refractivity contribution in [2.75, 3.05) is 20.3 Å². The maximum Gasteiger partial charge on any atom is 0.237 e. The van der Waals surface area contributed by atoms with Gasteiger partial charge >= 0.3 is 0 Å². The van der Waals surface area contributed by atoms with E-state index in [-0.39, 0.29) is 19.1 Å². The van der Waals surface area contributed by atoms with Crippen LogP contribution in [0.15, 0.2) is 30.5 Å². The zero-order valence-corrected chi connectivity index (χ0v) is 12.0. The standard InChI is InChI=1S/C15H21N3O3/c1-21-9-11(19)8-18-15(20)13(16)6-10-7-17-14-5-3-2-4-12(10)14/h2-5,7,11,13,17,19H,6,8-9,16H2,1H3,(H,18,20)/t11?,13-/m1/s1. The highest BCUT2D eigenvalue weighted by Crippen LogP contribution is 2.18. The van der Waals surface area contributed by atoms with E-state index in [1.165, 1.54) is 7.11 Å². The average molecular weight is 291 g/mol. The molecule has 1 amide bonds. The van der Waals surface area contributed by atoms with Gasteiger partial charge in [-0.05, 0) is 18.1 Å². The highest BCUT2D eigenvalue weighted by atomic mass is 16.5. The van der Waals surface area contributed by atoms with Crippen LogP contribution >= 0.6 is 0 Å². The summed E-state index contributed by atoms with van der Waals surface area (Å²) in [5.74, 6) is -0.282. The molecule has 0 radical (unpaired) electrons. The molecule has 2 rings (SSSR count). The van der Waals surface area contributed by atoms with Crippen LogP contribution in [-0.4, -0.2) is 48.4 Å². The number of methoxy groups -OCH3 is 1. The molecule has 114 valence electrons. The summed E-state index contributed by atoms with van der Waals surface area (Å²) in [6.45, 7) is 0.312. The first kappa shape index (κ1) is 15.5. The van der Waals surface area contributed by atoms with E-state index in [0.29, 0.717) is 6.42 Å². The van der Waals surface area contributed by atoms with Gasteiger partial charge in [0, 0.05) is 30.8 Å².